The molecule has 250 valence electrons. The summed E-state index contributed by atoms with van der Waals surface area (Å²) in [5.41, 5.74) is 7.37. The van der Waals surface area contributed by atoms with E-state index >= 15 is 0 Å². The number of nitrogens with two attached hydrogens (primary N) is 1. The zero-order valence-corrected chi connectivity index (χ0v) is 28.3. The van der Waals surface area contributed by atoms with Crippen molar-refractivity contribution in [1.82, 2.24) is 20.1 Å². The maximum Gasteiger partial charge on any atom is 0.241 e. The second kappa shape index (κ2) is 17.6. The molecule has 5 atom stereocenters. The van der Waals surface area contributed by atoms with Gasteiger partial charge in [0.15, 0.2) is 5.13 Å². The molecule has 0 spiro atoms. The Balaban J connectivity index is 1.89. The Morgan fingerprint density at radius 1 is 1.04 bits per heavy atom. The predicted molar refractivity (Wildman–Crippen MR) is 178 cm³/mol. The van der Waals surface area contributed by atoms with Gasteiger partial charge >= 0.3 is 0 Å². The molecule has 0 unspecified atom stereocenters. The minimum absolute atomic E-state index is 0.135. The molecule has 11 heteroatoms. The molecule has 0 bridgehead atoms. The maximum atomic E-state index is 14.1. The summed E-state index contributed by atoms with van der Waals surface area (Å²) < 4.78 is 0. The number of nitrogens with one attached hydrogen (secondary N) is 1. The molecule has 45 heavy (non-hydrogen) atoms. The van der Waals surface area contributed by atoms with Gasteiger partial charge in [0.2, 0.25) is 17.7 Å². The van der Waals surface area contributed by atoms with Crippen LogP contribution >= 0.6 is 11.3 Å². The van der Waals surface area contributed by atoms with E-state index in [2.05, 4.69) is 10.3 Å². The van der Waals surface area contributed by atoms with Crippen LogP contribution in [-0.2, 0) is 20.8 Å². The highest BCUT2D eigenvalue weighted by Gasteiger charge is 2.35. The molecule has 1 fully saturated rings. The van der Waals surface area contributed by atoms with Crippen molar-refractivity contribution >= 4 is 34.2 Å². The molecular formula is C34H53N5O5S. The molecule has 1 saturated carbocycles. The molecule has 0 aliphatic heterocycles. The molecule has 2 aromatic rings. The first-order valence-electron chi connectivity index (χ1n) is 16.3. The number of aliphatic hydroxyl groups is 2. The summed E-state index contributed by atoms with van der Waals surface area (Å²) in [6, 6.07) is 8.41. The van der Waals surface area contributed by atoms with Crippen LogP contribution in [0.2, 0.25) is 0 Å². The number of thiazole rings is 1. The van der Waals surface area contributed by atoms with E-state index < -0.39 is 36.1 Å². The Morgan fingerprint density at radius 3 is 2.29 bits per heavy atom. The number of nitrogens with zero attached hydrogens (tertiary/aromatic N) is 3. The zero-order chi connectivity index (χ0) is 33.1. The third-order valence-corrected chi connectivity index (χ3v) is 9.57. The van der Waals surface area contributed by atoms with Crippen LogP contribution in [0.25, 0.3) is 0 Å². The van der Waals surface area contributed by atoms with Crippen molar-refractivity contribution in [2.75, 3.05) is 26.4 Å². The van der Waals surface area contributed by atoms with Gasteiger partial charge in [-0.1, -0.05) is 76.3 Å². The summed E-state index contributed by atoms with van der Waals surface area (Å²) in [4.78, 5) is 48.3. The standard InChI is InChI=1S/C34H53N5O5S/c1-22(2)16-29(40)32(43)28(17-24-12-8-6-9-13-24)37-33(44)26(18-27-21-45-34(35)36-27)19-30(41)39(20-31(42)38(4)5)23(3)25-14-10-7-11-15-25/h7,10-11,14-15,21-24,26,28-29,32,40,43H,6,8-9,12-13,16-20H2,1-5H3,(H2,35,36)(H,37,44)/t23-,26+,28-,29-,32+/m0/s1. The Morgan fingerprint density at radius 2 is 1.71 bits per heavy atom. The molecule has 1 heterocycles. The molecule has 10 nitrogen and oxygen atoms in total. The van der Waals surface area contributed by atoms with Crippen LogP contribution in [0.15, 0.2) is 35.7 Å². The van der Waals surface area contributed by atoms with E-state index in [4.69, 9.17) is 5.73 Å². The normalized spacial score (nSPS) is 17.2. The van der Waals surface area contributed by atoms with Gasteiger partial charge < -0.3 is 31.1 Å². The molecule has 3 amide bonds. The van der Waals surface area contributed by atoms with Crippen molar-refractivity contribution in [3.63, 3.8) is 0 Å². The number of nitrogen functional groups attached to an aromatic ring is 1. The summed E-state index contributed by atoms with van der Waals surface area (Å²) in [5.74, 6) is -1.28. The van der Waals surface area contributed by atoms with Gasteiger partial charge in [0, 0.05) is 32.3 Å². The Bertz CT molecular complexity index is 1220. The van der Waals surface area contributed by atoms with Gasteiger partial charge in [-0.05, 0) is 37.2 Å². The van der Waals surface area contributed by atoms with E-state index in [9.17, 15) is 24.6 Å². The molecular weight excluding hydrogens is 590 g/mol. The number of hydrogen-bond acceptors (Lipinski definition) is 8. The zero-order valence-electron chi connectivity index (χ0n) is 27.5. The lowest BCUT2D eigenvalue weighted by Gasteiger charge is -2.34. The van der Waals surface area contributed by atoms with Crippen LogP contribution in [0.4, 0.5) is 5.13 Å². The number of carbonyl (C=O) groups is 3. The lowest BCUT2D eigenvalue weighted by Crippen LogP contribution is -2.52. The van der Waals surface area contributed by atoms with Crippen molar-refractivity contribution in [1.29, 1.82) is 0 Å². The van der Waals surface area contributed by atoms with E-state index in [-0.39, 0.29) is 37.1 Å². The topological polar surface area (TPSA) is 149 Å². The second-order valence-electron chi connectivity index (χ2n) is 13.2. The first-order chi connectivity index (χ1) is 21.3. The fraction of sp³-hybridized carbons (Fsp3) is 0.647. The highest BCUT2D eigenvalue weighted by molar-refractivity contribution is 7.13. The molecule has 1 aromatic carbocycles. The van der Waals surface area contributed by atoms with Crippen LogP contribution < -0.4 is 11.1 Å². The number of amides is 3. The molecule has 3 rings (SSSR count). The van der Waals surface area contributed by atoms with Gasteiger partial charge in [-0.2, -0.15) is 0 Å². The van der Waals surface area contributed by atoms with Crippen molar-refractivity contribution in [3.8, 4) is 0 Å². The predicted octanol–water partition coefficient (Wildman–Crippen LogP) is 4.18. The lowest BCUT2D eigenvalue weighted by molar-refractivity contribution is -0.143. The lowest BCUT2D eigenvalue weighted by atomic mass is 9.82. The van der Waals surface area contributed by atoms with Crippen molar-refractivity contribution in [2.24, 2.45) is 17.8 Å². The average Bonchev–Trinajstić information content (AvgIpc) is 3.42. The number of likely N-dealkylation sites (N-methyl/N-ethyl adjacent to an activating group) is 1. The van der Waals surface area contributed by atoms with Gasteiger partial charge in [0.05, 0.1) is 29.8 Å². The van der Waals surface area contributed by atoms with Crippen LogP contribution in [0.1, 0.15) is 89.4 Å². The number of rotatable bonds is 16. The van der Waals surface area contributed by atoms with Crippen LogP contribution in [0.5, 0.6) is 0 Å². The van der Waals surface area contributed by atoms with E-state index in [1.807, 2.05) is 51.1 Å². The summed E-state index contributed by atoms with van der Waals surface area (Å²) in [7, 11) is 3.29. The van der Waals surface area contributed by atoms with Crippen molar-refractivity contribution in [2.45, 2.75) is 103 Å². The number of aromatic nitrogens is 1. The van der Waals surface area contributed by atoms with E-state index in [0.29, 0.717) is 29.6 Å². The minimum atomic E-state index is -1.14. The van der Waals surface area contributed by atoms with Crippen molar-refractivity contribution in [3.05, 3.63) is 47.0 Å². The largest absolute Gasteiger partial charge is 0.390 e. The summed E-state index contributed by atoms with van der Waals surface area (Å²) in [6.07, 6.45) is 4.28. The number of benzene rings is 1. The van der Waals surface area contributed by atoms with Gasteiger partial charge in [-0.15, -0.1) is 11.3 Å². The Hall–Kier alpha value is -3.02. The van der Waals surface area contributed by atoms with Gasteiger partial charge in [0.25, 0.3) is 0 Å². The van der Waals surface area contributed by atoms with Gasteiger partial charge in [-0.25, -0.2) is 4.98 Å². The molecule has 0 saturated heterocycles. The number of hydrogen-bond donors (Lipinski definition) is 4. The summed E-state index contributed by atoms with van der Waals surface area (Å²) >= 11 is 1.27. The summed E-state index contributed by atoms with van der Waals surface area (Å²) in [6.45, 7) is 5.70. The molecule has 1 aliphatic carbocycles. The van der Waals surface area contributed by atoms with Crippen LogP contribution in [0, 0.1) is 17.8 Å². The summed E-state index contributed by atoms with van der Waals surface area (Å²) in [5, 5.41) is 27.4. The number of aliphatic hydroxyl groups excluding tert-OH is 2. The third-order valence-electron chi connectivity index (χ3n) is 8.85. The Kier molecular flexibility index (Phi) is 14.3. The minimum Gasteiger partial charge on any atom is -0.390 e. The van der Waals surface area contributed by atoms with E-state index in [1.165, 1.54) is 27.6 Å². The highest BCUT2D eigenvalue weighted by atomic mass is 32.1. The maximum absolute atomic E-state index is 14.1. The fourth-order valence-corrected chi connectivity index (χ4v) is 6.73. The monoisotopic (exact) mass is 643 g/mol. The molecule has 5 N–H and O–H groups in total. The highest BCUT2D eigenvalue weighted by Crippen LogP contribution is 2.30. The number of carbonyl (C=O) groups excluding carboxylic acids is 3. The first kappa shape index (κ1) is 36.4. The third kappa shape index (κ3) is 11.4. The van der Waals surface area contributed by atoms with Gasteiger partial charge in [0.1, 0.15) is 12.6 Å². The smallest absolute Gasteiger partial charge is 0.241 e. The molecule has 1 aliphatic rings. The van der Waals surface area contributed by atoms with Crippen LogP contribution in [-0.4, -0.2) is 81.6 Å². The van der Waals surface area contributed by atoms with E-state index in [0.717, 1.165) is 31.2 Å². The second-order valence-corrected chi connectivity index (χ2v) is 14.1. The van der Waals surface area contributed by atoms with Gasteiger partial charge in [-0.3, -0.25) is 14.4 Å². The molecule has 0 radical (unpaired) electrons. The first-order valence-corrected chi connectivity index (χ1v) is 17.1. The Labute approximate surface area is 272 Å². The number of anilines is 1. The van der Waals surface area contributed by atoms with Crippen molar-refractivity contribution < 1.29 is 24.6 Å². The fourth-order valence-electron chi connectivity index (χ4n) is 6.15. The molecule has 1 aromatic heterocycles. The average molecular weight is 644 g/mol. The SMILES string of the molecule is CC(C)C[C@H](O)[C@H](O)[C@H](CC1CCCCC1)NC(=O)[C@@H](CC(=O)N(CC(=O)N(C)C)[C@@H](C)c1ccccc1)Cc1csc(N)n1. The van der Waals surface area contributed by atoms with Crippen LogP contribution in [0.3, 0.4) is 0 Å². The van der Waals surface area contributed by atoms with E-state index in [1.54, 1.807) is 19.5 Å². The quantitative estimate of drug-likeness (QED) is 0.215.